The van der Waals surface area contributed by atoms with E-state index in [1.54, 1.807) is 0 Å². The molecule has 80 valence electrons. The quantitative estimate of drug-likeness (QED) is 0.288. The Hall–Kier alpha value is 3.38. The molecule has 0 aromatic rings. The summed E-state index contributed by atoms with van der Waals surface area (Å²) in [7, 11) is -4.23. The molecule has 0 aromatic heterocycles. The molecule has 0 fully saturated rings. The summed E-state index contributed by atoms with van der Waals surface area (Å²) in [5.41, 5.74) is 0. The minimum atomic E-state index is -4.23. The average Bonchev–Trinajstić information content (AvgIpc) is 1.93. The fourth-order valence-corrected chi connectivity index (χ4v) is 1.38. The first kappa shape index (κ1) is 23.5. The number of rotatable bonds is 7. The maximum Gasteiger partial charge on any atom is 1.00 e. The molecule has 0 aliphatic rings. The van der Waals surface area contributed by atoms with Crippen molar-refractivity contribution in [1.29, 1.82) is 0 Å². The Balaban J connectivity index is -0.000000720. The van der Waals surface area contributed by atoms with E-state index in [1.165, 1.54) is 0 Å². The van der Waals surface area contributed by atoms with Gasteiger partial charge in [0.15, 0.2) is 0 Å². The van der Waals surface area contributed by atoms with Crippen LogP contribution in [0.1, 0.15) is 39.5 Å². The second-order valence-electron chi connectivity index (χ2n) is 3.57. The smallest absolute Gasteiger partial charge is 0.303 e. The number of phosphoric acid groups is 1. The van der Waals surface area contributed by atoms with Crippen LogP contribution in [0.3, 0.4) is 0 Å². The number of phosphoric ester groups is 1. The normalized spacial score (nSPS) is 10.7. The molecule has 15 heavy (non-hydrogen) atoms. The maximum atomic E-state index is 10.2. The summed E-state index contributed by atoms with van der Waals surface area (Å²) >= 11 is 0. The van der Waals surface area contributed by atoms with Crippen LogP contribution in [0.4, 0.5) is 0 Å². The first-order chi connectivity index (χ1) is 5.92. The Morgan fingerprint density at radius 1 is 1.13 bits per heavy atom. The predicted octanol–water partition coefficient (Wildman–Crippen LogP) is -3.68. The molecular formula is C8H19K2O4P+2. The van der Waals surface area contributed by atoms with Gasteiger partial charge in [-0.3, -0.25) is 4.52 Å². The zero-order valence-corrected chi connectivity index (χ0v) is 17.4. The molecule has 0 aromatic carbocycles. The predicted molar refractivity (Wildman–Crippen MR) is 51.3 cm³/mol. The summed E-state index contributed by atoms with van der Waals surface area (Å²) in [4.78, 5) is 16.7. The van der Waals surface area contributed by atoms with Crippen LogP contribution < -0.4 is 103 Å². The SMILES string of the molecule is CC(C)CCCCCOP(=O)(O)O.[K+].[K+]. The van der Waals surface area contributed by atoms with Crippen LogP contribution in [-0.4, -0.2) is 16.4 Å². The van der Waals surface area contributed by atoms with Gasteiger partial charge in [0.2, 0.25) is 0 Å². The topological polar surface area (TPSA) is 66.8 Å². The Labute approximate surface area is 177 Å². The summed E-state index contributed by atoms with van der Waals surface area (Å²) in [6.45, 7) is 4.47. The second-order valence-corrected chi connectivity index (χ2v) is 4.81. The second kappa shape index (κ2) is 13.8. The molecule has 4 nitrogen and oxygen atoms in total. The van der Waals surface area contributed by atoms with Gasteiger partial charge in [-0.1, -0.05) is 33.1 Å². The first-order valence-electron chi connectivity index (χ1n) is 4.62. The van der Waals surface area contributed by atoms with Crippen molar-refractivity contribution in [3.8, 4) is 0 Å². The fourth-order valence-electron chi connectivity index (χ4n) is 1.01. The van der Waals surface area contributed by atoms with Crippen LogP contribution in [0.5, 0.6) is 0 Å². The molecule has 0 radical (unpaired) electrons. The van der Waals surface area contributed by atoms with Gasteiger partial charge in [-0.05, 0) is 12.3 Å². The van der Waals surface area contributed by atoms with Crippen molar-refractivity contribution in [2.24, 2.45) is 5.92 Å². The van der Waals surface area contributed by atoms with Crippen molar-refractivity contribution in [3.63, 3.8) is 0 Å². The van der Waals surface area contributed by atoms with Crippen molar-refractivity contribution in [3.05, 3.63) is 0 Å². The van der Waals surface area contributed by atoms with Gasteiger partial charge in [-0.15, -0.1) is 0 Å². The summed E-state index contributed by atoms with van der Waals surface area (Å²) in [5, 5.41) is 0. The summed E-state index contributed by atoms with van der Waals surface area (Å²) in [5.74, 6) is 0.697. The van der Waals surface area contributed by atoms with Gasteiger partial charge in [0.25, 0.3) is 0 Å². The average molecular weight is 288 g/mol. The van der Waals surface area contributed by atoms with E-state index in [4.69, 9.17) is 9.79 Å². The zero-order valence-electron chi connectivity index (χ0n) is 10.3. The summed E-state index contributed by atoms with van der Waals surface area (Å²) in [6, 6.07) is 0. The molecule has 0 saturated carbocycles. The van der Waals surface area contributed by atoms with Gasteiger partial charge in [0.05, 0.1) is 6.61 Å². The van der Waals surface area contributed by atoms with Gasteiger partial charge in [0, 0.05) is 0 Å². The molecule has 0 aliphatic heterocycles. The molecule has 0 unspecified atom stereocenters. The van der Waals surface area contributed by atoms with Crippen molar-refractivity contribution in [2.75, 3.05) is 6.61 Å². The van der Waals surface area contributed by atoms with Crippen molar-refractivity contribution < 1.29 is 122 Å². The minimum absolute atomic E-state index is 0. The monoisotopic (exact) mass is 288 g/mol. The molecule has 2 N–H and O–H groups in total. The van der Waals surface area contributed by atoms with Crippen LogP contribution in [0.15, 0.2) is 0 Å². The van der Waals surface area contributed by atoms with E-state index in [1.807, 2.05) is 0 Å². The van der Waals surface area contributed by atoms with Gasteiger partial charge >= 0.3 is 111 Å². The van der Waals surface area contributed by atoms with Gasteiger partial charge in [-0.2, -0.15) is 0 Å². The van der Waals surface area contributed by atoms with Crippen LogP contribution >= 0.6 is 7.82 Å². The third-order valence-corrected chi connectivity index (χ3v) is 2.20. The molecule has 7 heteroatoms. The van der Waals surface area contributed by atoms with E-state index in [0.717, 1.165) is 25.7 Å². The number of hydrogen-bond acceptors (Lipinski definition) is 2. The summed E-state index contributed by atoms with van der Waals surface area (Å²) < 4.78 is 14.5. The fraction of sp³-hybridized carbons (Fsp3) is 1.00. The summed E-state index contributed by atoms with van der Waals surface area (Å²) in [6.07, 6.45) is 3.95. The molecule has 0 aliphatic carbocycles. The van der Waals surface area contributed by atoms with Crippen molar-refractivity contribution >= 4 is 7.82 Å². The largest absolute Gasteiger partial charge is 1.00 e. The van der Waals surface area contributed by atoms with Crippen LogP contribution in [0.2, 0.25) is 0 Å². The van der Waals surface area contributed by atoms with E-state index in [2.05, 4.69) is 18.4 Å². The van der Waals surface area contributed by atoms with Gasteiger partial charge < -0.3 is 9.79 Å². The first-order valence-corrected chi connectivity index (χ1v) is 6.15. The third kappa shape index (κ3) is 23.0. The zero-order chi connectivity index (χ0) is 10.3. The molecular weight excluding hydrogens is 269 g/mol. The molecule has 0 amide bonds. The Kier molecular flexibility index (Phi) is 21.6. The molecule has 0 spiro atoms. The molecule has 0 bridgehead atoms. The standard InChI is InChI=1S/C8H19O4P.2K/c1-8(2)6-4-3-5-7-12-13(9,10)11;;/h8H,3-7H2,1-2H3,(H2,9,10,11);;/q;2*+1. The van der Waals surface area contributed by atoms with E-state index < -0.39 is 7.82 Å². The van der Waals surface area contributed by atoms with Gasteiger partial charge in [-0.25, -0.2) is 4.57 Å². The molecule has 0 heterocycles. The van der Waals surface area contributed by atoms with Crippen LogP contribution in [0, 0.1) is 5.92 Å². The van der Waals surface area contributed by atoms with E-state index >= 15 is 0 Å². The van der Waals surface area contributed by atoms with E-state index in [0.29, 0.717) is 5.92 Å². The van der Waals surface area contributed by atoms with Crippen molar-refractivity contribution in [1.82, 2.24) is 0 Å². The molecule has 0 saturated heterocycles. The Morgan fingerprint density at radius 3 is 2.07 bits per heavy atom. The third-order valence-electron chi connectivity index (χ3n) is 1.69. The van der Waals surface area contributed by atoms with Crippen LogP contribution in [0.25, 0.3) is 0 Å². The number of hydrogen-bond donors (Lipinski definition) is 2. The molecule has 0 atom stereocenters. The van der Waals surface area contributed by atoms with Gasteiger partial charge in [0.1, 0.15) is 0 Å². The van der Waals surface area contributed by atoms with Crippen LogP contribution in [-0.2, 0) is 9.09 Å². The Bertz CT molecular complexity index is 172. The van der Waals surface area contributed by atoms with Crippen molar-refractivity contribution in [2.45, 2.75) is 39.5 Å². The van der Waals surface area contributed by atoms with E-state index in [-0.39, 0.29) is 109 Å². The minimum Gasteiger partial charge on any atom is -0.303 e. The maximum absolute atomic E-state index is 10.2. The molecule has 0 rings (SSSR count). The Morgan fingerprint density at radius 2 is 1.67 bits per heavy atom. The number of unbranched alkanes of at least 4 members (excludes halogenated alkanes) is 2. The van der Waals surface area contributed by atoms with E-state index in [9.17, 15) is 4.57 Å².